The predicted molar refractivity (Wildman–Crippen MR) is 114 cm³/mol. The quantitative estimate of drug-likeness (QED) is 0.474. The molecular formula is C22H19N5OS. The van der Waals surface area contributed by atoms with E-state index in [1.807, 2.05) is 72.8 Å². The number of hydrogen-bond acceptors (Lipinski definition) is 5. The van der Waals surface area contributed by atoms with Crippen LogP contribution in [0.5, 0.6) is 0 Å². The molecule has 0 spiro atoms. The van der Waals surface area contributed by atoms with E-state index in [4.69, 9.17) is 0 Å². The summed E-state index contributed by atoms with van der Waals surface area (Å²) < 4.78 is 1.63. The van der Waals surface area contributed by atoms with E-state index in [0.29, 0.717) is 5.16 Å². The minimum Gasteiger partial charge on any atom is -0.325 e. The number of hydrogen-bond donors (Lipinski definition) is 1. The number of rotatable bonds is 7. The van der Waals surface area contributed by atoms with Crippen LogP contribution < -0.4 is 5.32 Å². The molecule has 0 aliphatic rings. The molecule has 0 saturated heterocycles. The van der Waals surface area contributed by atoms with Gasteiger partial charge in [-0.25, -0.2) is 0 Å². The second-order valence-corrected chi connectivity index (χ2v) is 7.31. The van der Waals surface area contributed by atoms with E-state index in [1.165, 1.54) is 17.3 Å². The van der Waals surface area contributed by atoms with Crippen LogP contribution >= 0.6 is 11.8 Å². The minimum absolute atomic E-state index is 0.0990. The number of para-hydroxylation sites is 2. The average Bonchev–Trinajstić information content (AvgIpc) is 3.24. The summed E-state index contributed by atoms with van der Waals surface area (Å²) in [4.78, 5) is 12.6. The maximum Gasteiger partial charge on any atom is 0.234 e. The topological polar surface area (TPSA) is 72.7 Å². The summed E-state index contributed by atoms with van der Waals surface area (Å²) >= 11 is 1.30. The first-order valence-electron chi connectivity index (χ1n) is 9.18. The Morgan fingerprint density at radius 2 is 1.59 bits per heavy atom. The Labute approximate surface area is 173 Å². The zero-order chi connectivity index (χ0) is 19.9. The van der Waals surface area contributed by atoms with Gasteiger partial charge in [0, 0.05) is 5.69 Å². The monoisotopic (exact) mass is 401 g/mol. The first-order chi connectivity index (χ1) is 14.3. The number of carbonyl (C=O) groups is 1. The lowest BCUT2D eigenvalue weighted by atomic mass is 10.0. The summed E-state index contributed by atoms with van der Waals surface area (Å²) in [5, 5.41) is 15.4. The summed E-state index contributed by atoms with van der Waals surface area (Å²) in [7, 11) is 0. The minimum atomic E-state index is -0.0990. The largest absolute Gasteiger partial charge is 0.325 e. The Bertz CT molecular complexity index is 1080. The highest BCUT2D eigenvalue weighted by molar-refractivity contribution is 7.99. The number of carbonyl (C=O) groups excluding carboxylic acids is 1. The van der Waals surface area contributed by atoms with Gasteiger partial charge < -0.3 is 5.32 Å². The van der Waals surface area contributed by atoms with Gasteiger partial charge in [-0.15, -0.1) is 5.10 Å². The first kappa shape index (κ1) is 18.9. The van der Waals surface area contributed by atoms with Gasteiger partial charge in [0.05, 0.1) is 11.4 Å². The highest BCUT2D eigenvalue weighted by Crippen LogP contribution is 2.21. The van der Waals surface area contributed by atoms with Gasteiger partial charge >= 0.3 is 0 Å². The fourth-order valence-electron chi connectivity index (χ4n) is 2.93. The summed E-state index contributed by atoms with van der Waals surface area (Å²) in [6.07, 6.45) is 0.761. The molecule has 0 radical (unpaired) electrons. The number of anilines is 1. The van der Waals surface area contributed by atoms with Crippen LogP contribution in [0, 0.1) is 0 Å². The van der Waals surface area contributed by atoms with Crippen molar-refractivity contribution in [2.75, 3.05) is 11.1 Å². The Morgan fingerprint density at radius 1 is 0.897 bits per heavy atom. The fraction of sp³-hybridized carbons (Fsp3) is 0.0909. The maximum atomic E-state index is 12.6. The lowest BCUT2D eigenvalue weighted by molar-refractivity contribution is -0.113. The molecule has 0 atom stereocenters. The second kappa shape index (κ2) is 9.16. The van der Waals surface area contributed by atoms with E-state index in [9.17, 15) is 4.79 Å². The van der Waals surface area contributed by atoms with Crippen molar-refractivity contribution in [3.8, 4) is 5.69 Å². The standard InChI is InChI=1S/C22H19N5OS/c28-21(16-29-22-24-25-26-27(22)19-12-5-2-6-13-19)23-20-14-8-7-11-18(20)15-17-9-3-1-4-10-17/h1-14H,15-16H2,(H,23,28). The normalized spacial score (nSPS) is 10.6. The van der Waals surface area contributed by atoms with E-state index in [0.717, 1.165) is 23.4 Å². The van der Waals surface area contributed by atoms with Crippen LogP contribution in [0.3, 0.4) is 0 Å². The molecule has 1 heterocycles. The Morgan fingerprint density at radius 3 is 2.38 bits per heavy atom. The van der Waals surface area contributed by atoms with Crippen molar-refractivity contribution in [3.05, 3.63) is 96.1 Å². The van der Waals surface area contributed by atoms with E-state index in [1.54, 1.807) is 4.68 Å². The third-order valence-electron chi connectivity index (χ3n) is 4.30. The maximum absolute atomic E-state index is 12.6. The summed E-state index contributed by atoms with van der Waals surface area (Å²) in [6, 6.07) is 27.7. The first-order valence-corrected chi connectivity index (χ1v) is 10.2. The number of benzene rings is 3. The number of nitrogens with one attached hydrogen (secondary N) is 1. The van der Waals surface area contributed by atoms with Gasteiger partial charge in [-0.2, -0.15) is 4.68 Å². The summed E-state index contributed by atoms with van der Waals surface area (Å²) in [5.41, 5.74) is 3.95. The van der Waals surface area contributed by atoms with Gasteiger partial charge in [0.2, 0.25) is 11.1 Å². The van der Waals surface area contributed by atoms with E-state index in [2.05, 4.69) is 33.0 Å². The van der Waals surface area contributed by atoms with Crippen LogP contribution in [-0.2, 0) is 11.2 Å². The third-order valence-corrected chi connectivity index (χ3v) is 5.22. The molecule has 0 fully saturated rings. The SMILES string of the molecule is O=C(CSc1nnnn1-c1ccccc1)Nc1ccccc1Cc1ccccc1. The third kappa shape index (κ3) is 4.89. The molecule has 0 saturated carbocycles. The molecule has 144 valence electrons. The lowest BCUT2D eigenvalue weighted by Gasteiger charge is -2.11. The fourth-order valence-corrected chi connectivity index (χ4v) is 3.62. The van der Waals surface area contributed by atoms with Crippen molar-refractivity contribution in [2.45, 2.75) is 11.6 Å². The van der Waals surface area contributed by atoms with Crippen molar-refractivity contribution >= 4 is 23.4 Å². The van der Waals surface area contributed by atoms with Crippen LogP contribution in [-0.4, -0.2) is 31.9 Å². The molecule has 1 N–H and O–H groups in total. The molecule has 0 bridgehead atoms. The zero-order valence-corrected chi connectivity index (χ0v) is 16.4. The molecule has 0 unspecified atom stereocenters. The van der Waals surface area contributed by atoms with Crippen LogP contribution in [0.1, 0.15) is 11.1 Å². The smallest absolute Gasteiger partial charge is 0.234 e. The number of nitrogens with zero attached hydrogens (tertiary/aromatic N) is 4. The molecule has 1 aromatic heterocycles. The van der Waals surface area contributed by atoms with Gasteiger partial charge in [-0.05, 0) is 46.2 Å². The van der Waals surface area contributed by atoms with Crippen molar-refractivity contribution in [1.82, 2.24) is 20.2 Å². The van der Waals surface area contributed by atoms with Crippen molar-refractivity contribution < 1.29 is 4.79 Å². The van der Waals surface area contributed by atoms with Crippen LogP contribution in [0.2, 0.25) is 0 Å². The van der Waals surface area contributed by atoms with Crippen LogP contribution in [0.15, 0.2) is 90.1 Å². The lowest BCUT2D eigenvalue weighted by Crippen LogP contribution is -2.16. The van der Waals surface area contributed by atoms with Crippen molar-refractivity contribution in [2.24, 2.45) is 0 Å². The molecule has 1 amide bonds. The second-order valence-electron chi connectivity index (χ2n) is 6.37. The van der Waals surface area contributed by atoms with Gasteiger partial charge in [-0.1, -0.05) is 78.5 Å². The zero-order valence-electron chi connectivity index (χ0n) is 15.6. The number of amides is 1. The molecule has 4 aromatic rings. The van der Waals surface area contributed by atoms with Gasteiger partial charge in [-0.3, -0.25) is 4.79 Å². The van der Waals surface area contributed by atoms with E-state index < -0.39 is 0 Å². The van der Waals surface area contributed by atoms with E-state index in [-0.39, 0.29) is 11.7 Å². The Kier molecular flexibility index (Phi) is 5.97. The molecule has 7 heteroatoms. The van der Waals surface area contributed by atoms with Gasteiger partial charge in [0.15, 0.2) is 0 Å². The van der Waals surface area contributed by atoms with Crippen molar-refractivity contribution in [1.29, 1.82) is 0 Å². The highest BCUT2D eigenvalue weighted by Gasteiger charge is 2.12. The van der Waals surface area contributed by atoms with Gasteiger partial charge in [0.1, 0.15) is 0 Å². The molecule has 6 nitrogen and oxygen atoms in total. The molecule has 0 aliphatic carbocycles. The summed E-state index contributed by atoms with van der Waals surface area (Å²) in [6.45, 7) is 0. The Balaban J connectivity index is 1.41. The van der Waals surface area contributed by atoms with Crippen molar-refractivity contribution in [3.63, 3.8) is 0 Å². The number of aromatic nitrogens is 4. The number of thioether (sulfide) groups is 1. The molecule has 0 aliphatic heterocycles. The van der Waals surface area contributed by atoms with Crippen LogP contribution in [0.25, 0.3) is 5.69 Å². The summed E-state index contributed by atoms with van der Waals surface area (Å²) in [5.74, 6) is 0.116. The van der Waals surface area contributed by atoms with Gasteiger partial charge in [0.25, 0.3) is 0 Å². The predicted octanol–water partition coefficient (Wildman–Crippen LogP) is 3.98. The average molecular weight is 401 g/mol. The Hall–Kier alpha value is -3.45. The number of tetrazole rings is 1. The molecule has 29 heavy (non-hydrogen) atoms. The van der Waals surface area contributed by atoms with E-state index >= 15 is 0 Å². The molecule has 4 rings (SSSR count). The molecular weight excluding hydrogens is 382 g/mol. The molecule has 3 aromatic carbocycles. The van der Waals surface area contributed by atoms with Crippen LogP contribution in [0.4, 0.5) is 5.69 Å². The highest BCUT2D eigenvalue weighted by atomic mass is 32.2.